The van der Waals surface area contributed by atoms with Crippen molar-refractivity contribution in [2.45, 2.75) is 25.1 Å². The Bertz CT molecular complexity index is 885. The molecule has 0 heterocycles. The average molecular weight is 345 g/mol. The van der Waals surface area contributed by atoms with E-state index in [1.807, 2.05) is 12.1 Å². The number of benzene rings is 2. The van der Waals surface area contributed by atoms with Crippen molar-refractivity contribution in [3.63, 3.8) is 0 Å². The van der Waals surface area contributed by atoms with E-state index in [0.29, 0.717) is 5.54 Å². The van der Waals surface area contributed by atoms with Gasteiger partial charge in [-0.2, -0.15) is 0 Å². The second-order valence-corrected chi connectivity index (χ2v) is 12.1. The number of rotatable bonds is 4. The van der Waals surface area contributed by atoms with Crippen molar-refractivity contribution >= 4 is 14.1 Å². The second kappa shape index (κ2) is 6.20. The lowest BCUT2D eigenvalue weighted by molar-refractivity contribution is 0.415. The number of ether oxygens (including phenoxy) is 1. The van der Waals surface area contributed by atoms with Crippen molar-refractivity contribution in [3.8, 4) is 16.9 Å². The van der Waals surface area contributed by atoms with E-state index < -0.39 is 8.07 Å². The van der Waals surface area contributed by atoms with Crippen LogP contribution < -0.4 is 4.74 Å². The summed E-state index contributed by atoms with van der Waals surface area (Å²) in [6.07, 6.45) is 12.8. The van der Waals surface area contributed by atoms with Gasteiger partial charge in [0.1, 0.15) is 5.75 Å². The molecule has 0 aromatic heterocycles. The lowest BCUT2D eigenvalue weighted by atomic mass is 9.97. The first-order valence-corrected chi connectivity index (χ1v) is 12.0. The van der Waals surface area contributed by atoms with Gasteiger partial charge in [-0.15, -0.1) is 0 Å². The van der Waals surface area contributed by atoms with Crippen LogP contribution in [0.3, 0.4) is 0 Å². The molecule has 2 aromatic rings. The molecule has 2 heteroatoms. The van der Waals surface area contributed by atoms with Crippen LogP contribution in [0.2, 0.25) is 13.1 Å². The minimum absolute atomic E-state index is 0.562. The minimum Gasteiger partial charge on any atom is -0.497 e. The van der Waals surface area contributed by atoms with Gasteiger partial charge in [-0.3, -0.25) is 0 Å². The Hall–Kier alpha value is -2.32. The van der Waals surface area contributed by atoms with Crippen molar-refractivity contribution < 1.29 is 4.74 Å². The van der Waals surface area contributed by atoms with Crippen LogP contribution in [0.15, 0.2) is 72.0 Å². The molecule has 0 spiro atoms. The van der Waals surface area contributed by atoms with Gasteiger partial charge in [0.05, 0.1) is 15.2 Å². The maximum atomic E-state index is 5.30. The van der Waals surface area contributed by atoms with E-state index in [9.17, 15) is 0 Å². The Kier molecular flexibility index (Phi) is 4.01. The summed E-state index contributed by atoms with van der Waals surface area (Å²) in [4.78, 5) is 0. The van der Waals surface area contributed by atoms with Crippen molar-refractivity contribution in [2.24, 2.45) is 0 Å². The van der Waals surface area contributed by atoms with Crippen LogP contribution in [0.5, 0.6) is 5.75 Å². The zero-order valence-corrected chi connectivity index (χ0v) is 16.1. The Morgan fingerprint density at radius 3 is 2.52 bits per heavy atom. The molecule has 126 valence electrons. The van der Waals surface area contributed by atoms with E-state index in [2.05, 4.69) is 73.8 Å². The van der Waals surface area contributed by atoms with E-state index in [0.717, 1.165) is 12.2 Å². The molecule has 1 unspecified atom stereocenters. The van der Waals surface area contributed by atoms with Crippen LogP contribution in [0.25, 0.3) is 17.2 Å². The predicted octanol–water partition coefficient (Wildman–Crippen LogP) is 6.15. The van der Waals surface area contributed by atoms with E-state index in [-0.39, 0.29) is 0 Å². The number of hydrogen-bond acceptors (Lipinski definition) is 1. The van der Waals surface area contributed by atoms with Crippen LogP contribution in [0.4, 0.5) is 0 Å². The number of methoxy groups -OCH3 is 1. The fraction of sp³-hybridized carbons (Fsp3) is 0.217. The molecule has 0 aliphatic heterocycles. The highest BCUT2D eigenvalue weighted by atomic mass is 28.3. The molecular weight excluding hydrogens is 320 g/mol. The van der Waals surface area contributed by atoms with Crippen molar-refractivity contribution in [1.29, 1.82) is 0 Å². The Morgan fingerprint density at radius 1 is 1.04 bits per heavy atom. The van der Waals surface area contributed by atoms with Crippen LogP contribution in [-0.2, 0) is 0 Å². The highest BCUT2D eigenvalue weighted by molar-refractivity contribution is 6.86. The lowest BCUT2D eigenvalue weighted by Gasteiger charge is -2.31. The predicted molar refractivity (Wildman–Crippen MR) is 110 cm³/mol. The standard InChI is InChI=1S/C23H24OSi/c1-24-18-13-11-17(12-14-18)20-9-6-10-22-21(20)15-16-23(22)25(2,3)19-7-4-5-8-19/h4-7,9-16,23H,8H2,1-3H3. The summed E-state index contributed by atoms with van der Waals surface area (Å²) in [5.41, 5.74) is 6.03. The maximum Gasteiger partial charge on any atom is 0.118 e. The number of allylic oxidation sites excluding steroid dienone is 5. The molecule has 2 aromatic carbocycles. The summed E-state index contributed by atoms with van der Waals surface area (Å²) in [6, 6.07) is 15.2. The van der Waals surface area contributed by atoms with Crippen molar-refractivity contribution in [3.05, 3.63) is 83.1 Å². The van der Waals surface area contributed by atoms with Crippen LogP contribution >= 0.6 is 0 Å². The van der Waals surface area contributed by atoms with Crippen molar-refractivity contribution in [1.82, 2.24) is 0 Å². The van der Waals surface area contributed by atoms with Gasteiger partial charge >= 0.3 is 0 Å². The minimum atomic E-state index is -1.54. The quantitative estimate of drug-likeness (QED) is 0.605. The highest BCUT2D eigenvalue weighted by Gasteiger charge is 2.38. The molecule has 1 atom stereocenters. The van der Waals surface area contributed by atoms with E-state index in [1.54, 1.807) is 12.3 Å². The zero-order chi connectivity index (χ0) is 17.4. The van der Waals surface area contributed by atoms with Gasteiger partial charge in [0.2, 0.25) is 0 Å². The van der Waals surface area contributed by atoms with Crippen LogP contribution in [0, 0.1) is 0 Å². The third-order valence-corrected chi connectivity index (χ3v) is 9.79. The molecule has 1 nitrogen and oxygen atoms in total. The lowest BCUT2D eigenvalue weighted by Crippen LogP contribution is -2.36. The molecule has 0 radical (unpaired) electrons. The molecule has 0 bridgehead atoms. The zero-order valence-electron chi connectivity index (χ0n) is 15.1. The number of hydrogen-bond donors (Lipinski definition) is 0. The molecule has 0 N–H and O–H groups in total. The fourth-order valence-electron chi connectivity index (χ4n) is 4.11. The first-order chi connectivity index (χ1) is 12.1. The molecule has 2 aliphatic rings. The van der Waals surface area contributed by atoms with Gasteiger partial charge in [-0.25, -0.2) is 0 Å². The highest BCUT2D eigenvalue weighted by Crippen LogP contribution is 2.44. The summed E-state index contributed by atoms with van der Waals surface area (Å²) in [6.45, 7) is 5.02. The Morgan fingerprint density at radius 2 is 1.84 bits per heavy atom. The summed E-state index contributed by atoms with van der Waals surface area (Å²) in [5.74, 6) is 0.902. The smallest absolute Gasteiger partial charge is 0.118 e. The summed E-state index contributed by atoms with van der Waals surface area (Å²) >= 11 is 0. The van der Waals surface area contributed by atoms with Gasteiger partial charge in [0.25, 0.3) is 0 Å². The molecular formula is C23H24OSi. The summed E-state index contributed by atoms with van der Waals surface area (Å²) < 4.78 is 5.30. The van der Waals surface area contributed by atoms with Gasteiger partial charge in [-0.05, 0) is 40.8 Å². The topological polar surface area (TPSA) is 9.23 Å². The molecule has 0 fully saturated rings. The van der Waals surface area contributed by atoms with Crippen LogP contribution in [-0.4, -0.2) is 15.2 Å². The van der Waals surface area contributed by atoms with Gasteiger partial charge < -0.3 is 4.74 Å². The molecule has 0 saturated carbocycles. The first kappa shape index (κ1) is 16.2. The van der Waals surface area contributed by atoms with Crippen LogP contribution in [0.1, 0.15) is 23.1 Å². The normalized spacial score (nSPS) is 18.4. The largest absolute Gasteiger partial charge is 0.497 e. The van der Waals surface area contributed by atoms with E-state index >= 15 is 0 Å². The van der Waals surface area contributed by atoms with E-state index in [4.69, 9.17) is 4.74 Å². The third kappa shape index (κ3) is 2.71. The SMILES string of the molecule is COc1ccc(-c2cccc3c2C=CC3[Si](C)(C)C2=CC=CC2)cc1. The molecule has 0 saturated heterocycles. The molecule has 25 heavy (non-hydrogen) atoms. The number of fused-ring (bicyclic) bond motifs is 1. The van der Waals surface area contributed by atoms with E-state index in [1.165, 1.54) is 22.3 Å². The first-order valence-electron chi connectivity index (χ1n) is 8.93. The van der Waals surface area contributed by atoms with Crippen molar-refractivity contribution in [2.75, 3.05) is 7.11 Å². The fourth-order valence-corrected chi connectivity index (χ4v) is 7.29. The van der Waals surface area contributed by atoms with Gasteiger partial charge in [-0.1, -0.05) is 79.0 Å². The Labute approximate surface area is 151 Å². The summed E-state index contributed by atoms with van der Waals surface area (Å²) in [7, 11) is 0.175. The molecule has 2 aliphatic carbocycles. The maximum absolute atomic E-state index is 5.30. The molecule has 4 rings (SSSR count). The second-order valence-electron chi connectivity index (χ2n) is 7.42. The third-order valence-electron chi connectivity index (χ3n) is 5.71. The monoisotopic (exact) mass is 344 g/mol. The average Bonchev–Trinajstić information content (AvgIpc) is 3.31. The van der Waals surface area contributed by atoms with Gasteiger partial charge in [0, 0.05) is 5.54 Å². The summed E-state index contributed by atoms with van der Waals surface area (Å²) in [5, 5.41) is 1.66. The Balaban J connectivity index is 1.74. The van der Waals surface area contributed by atoms with Gasteiger partial charge in [0.15, 0.2) is 0 Å². The molecule has 0 amide bonds.